The lowest BCUT2D eigenvalue weighted by molar-refractivity contribution is 0.0696. The smallest absolute Gasteiger partial charge is 0.357 e. The highest BCUT2D eigenvalue weighted by atomic mass is 35.5. The molecule has 41 heavy (non-hydrogen) atoms. The van der Waals surface area contributed by atoms with Crippen molar-refractivity contribution in [3.63, 3.8) is 0 Å². The van der Waals surface area contributed by atoms with Gasteiger partial charge in [-0.2, -0.15) is 4.68 Å². The molecule has 2 heterocycles. The first-order valence-electron chi connectivity index (χ1n) is 12.4. The molecule has 208 valence electrons. The number of rotatable bonds is 8. The number of hydrogen-bond donors (Lipinski definition) is 2. The van der Waals surface area contributed by atoms with Gasteiger partial charge < -0.3 is 5.11 Å². The molecule has 0 unspecified atom stereocenters. The number of pyridine rings is 1. The first-order chi connectivity index (χ1) is 19.5. The van der Waals surface area contributed by atoms with Crippen LogP contribution in [0.25, 0.3) is 22.9 Å². The summed E-state index contributed by atoms with van der Waals surface area (Å²) in [5.74, 6) is -0.389. The monoisotopic (exact) mass is 589 g/mol. The lowest BCUT2D eigenvalue weighted by Gasteiger charge is -2.09. The topological polar surface area (TPSA) is 136 Å². The first-order valence-corrected chi connectivity index (χ1v) is 14.3. The van der Waals surface area contributed by atoms with Crippen LogP contribution < -0.4 is 10.4 Å². The lowest BCUT2D eigenvalue weighted by atomic mass is 10.0. The number of sulfonamides is 1. The Bertz CT molecular complexity index is 1900. The number of aromatic carboxylic acids is 1. The molecule has 0 fully saturated rings. The fraction of sp³-hybridized carbons (Fsp3) is 0.103. The van der Waals surface area contributed by atoms with Crippen LogP contribution in [0, 0.1) is 0 Å². The number of hydrogen-bond acceptors (Lipinski definition) is 6. The molecule has 0 aliphatic carbocycles. The zero-order chi connectivity index (χ0) is 29.3. The second-order valence-electron chi connectivity index (χ2n) is 9.45. The van der Waals surface area contributed by atoms with Crippen molar-refractivity contribution in [3.8, 4) is 22.9 Å². The molecule has 0 bridgehead atoms. The number of halogens is 1. The third-order valence-electron chi connectivity index (χ3n) is 6.31. The summed E-state index contributed by atoms with van der Waals surface area (Å²) in [5, 5.41) is 14.3. The van der Waals surface area contributed by atoms with Crippen molar-refractivity contribution < 1.29 is 18.3 Å². The van der Waals surface area contributed by atoms with Crippen LogP contribution in [0.5, 0.6) is 0 Å². The molecular formula is C29H24ClN5O5S. The molecule has 0 amide bonds. The zero-order valence-electron chi connectivity index (χ0n) is 21.9. The number of carboxylic acid groups (broad SMARTS) is 1. The van der Waals surface area contributed by atoms with E-state index in [0.29, 0.717) is 28.0 Å². The van der Waals surface area contributed by atoms with E-state index in [9.17, 15) is 23.1 Å². The van der Waals surface area contributed by atoms with Crippen molar-refractivity contribution in [1.82, 2.24) is 19.3 Å². The van der Waals surface area contributed by atoms with Gasteiger partial charge in [0.05, 0.1) is 28.0 Å². The van der Waals surface area contributed by atoms with Crippen molar-refractivity contribution in [1.29, 1.82) is 0 Å². The third kappa shape index (κ3) is 5.76. The van der Waals surface area contributed by atoms with Gasteiger partial charge in [0, 0.05) is 10.6 Å². The van der Waals surface area contributed by atoms with Gasteiger partial charge in [-0.1, -0.05) is 43.6 Å². The second kappa shape index (κ2) is 11.0. The number of anilines is 1. The molecule has 5 rings (SSSR count). The van der Waals surface area contributed by atoms with Gasteiger partial charge in [0.1, 0.15) is 0 Å². The Morgan fingerprint density at radius 3 is 2.29 bits per heavy atom. The van der Waals surface area contributed by atoms with E-state index >= 15 is 0 Å². The molecule has 2 N–H and O–H groups in total. The number of nitrogens with one attached hydrogen (secondary N) is 1. The Labute approximate surface area is 240 Å². The fourth-order valence-electron chi connectivity index (χ4n) is 4.13. The average Bonchev–Trinajstić information content (AvgIpc) is 3.30. The minimum Gasteiger partial charge on any atom is -0.478 e. The molecular weight excluding hydrogens is 566 g/mol. The van der Waals surface area contributed by atoms with Crippen LogP contribution >= 0.6 is 11.6 Å². The van der Waals surface area contributed by atoms with E-state index in [-0.39, 0.29) is 22.0 Å². The quantitative estimate of drug-likeness (QED) is 0.248. The van der Waals surface area contributed by atoms with Gasteiger partial charge >= 0.3 is 11.7 Å². The molecule has 0 radical (unpaired) electrons. The number of benzene rings is 3. The van der Waals surface area contributed by atoms with Crippen molar-refractivity contribution >= 4 is 33.3 Å². The van der Waals surface area contributed by atoms with E-state index in [0.717, 1.165) is 16.3 Å². The van der Waals surface area contributed by atoms with Crippen LogP contribution in [0.15, 0.2) is 101 Å². The normalized spacial score (nSPS) is 11.5. The van der Waals surface area contributed by atoms with Gasteiger partial charge in [0.15, 0.2) is 11.6 Å². The Hall–Kier alpha value is -4.74. The molecule has 0 saturated heterocycles. The Morgan fingerprint density at radius 1 is 0.976 bits per heavy atom. The largest absolute Gasteiger partial charge is 0.478 e. The average molecular weight is 590 g/mol. The number of carboxylic acids is 1. The van der Waals surface area contributed by atoms with Crippen LogP contribution in [0.3, 0.4) is 0 Å². The van der Waals surface area contributed by atoms with Gasteiger partial charge in [-0.3, -0.25) is 4.72 Å². The van der Waals surface area contributed by atoms with Crippen molar-refractivity contribution in [2.45, 2.75) is 24.7 Å². The third-order valence-corrected chi connectivity index (χ3v) is 7.94. The van der Waals surface area contributed by atoms with E-state index in [1.54, 1.807) is 24.3 Å². The number of aromatic nitrogens is 4. The summed E-state index contributed by atoms with van der Waals surface area (Å²) in [6.07, 6.45) is 1.25. The van der Waals surface area contributed by atoms with Crippen LogP contribution in [0.4, 0.5) is 5.69 Å². The van der Waals surface area contributed by atoms with E-state index in [4.69, 9.17) is 11.6 Å². The van der Waals surface area contributed by atoms with Gasteiger partial charge in [-0.25, -0.2) is 27.6 Å². The summed E-state index contributed by atoms with van der Waals surface area (Å²) < 4.78 is 30.6. The van der Waals surface area contributed by atoms with E-state index in [2.05, 4.69) is 28.7 Å². The van der Waals surface area contributed by atoms with Crippen LogP contribution in [-0.2, 0) is 10.0 Å². The maximum Gasteiger partial charge on any atom is 0.357 e. The molecule has 0 saturated carbocycles. The minimum absolute atomic E-state index is 0.115. The molecule has 10 nitrogen and oxygen atoms in total. The highest BCUT2D eigenvalue weighted by molar-refractivity contribution is 7.92. The van der Waals surface area contributed by atoms with Crippen molar-refractivity contribution in [2.24, 2.45) is 0 Å². The van der Waals surface area contributed by atoms with E-state index < -0.39 is 21.7 Å². The van der Waals surface area contributed by atoms with E-state index in [1.165, 1.54) is 41.1 Å². The van der Waals surface area contributed by atoms with Gasteiger partial charge in [0.2, 0.25) is 0 Å². The zero-order valence-corrected chi connectivity index (χ0v) is 23.5. The molecule has 12 heteroatoms. The Morgan fingerprint density at radius 2 is 1.68 bits per heavy atom. The number of carbonyl (C=O) groups is 1. The summed E-state index contributed by atoms with van der Waals surface area (Å²) in [6, 6.07) is 22.4. The summed E-state index contributed by atoms with van der Waals surface area (Å²) in [4.78, 5) is 29.0. The lowest BCUT2D eigenvalue weighted by Crippen LogP contribution is -2.23. The maximum absolute atomic E-state index is 13.7. The highest BCUT2D eigenvalue weighted by Crippen LogP contribution is 2.24. The summed E-state index contributed by atoms with van der Waals surface area (Å²) >= 11 is 6.08. The molecule has 0 aliphatic rings. The fourth-order valence-corrected chi connectivity index (χ4v) is 5.34. The summed E-state index contributed by atoms with van der Waals surface area (Å²) in [7, 11) is -4.10. The molecule has 2 aromatic heterocycles. The van der Waals surface area contributed by atoms with Crippen LogP contribution in [-0.4, -0.2) is 38.8 Å². The van der Waals surface area contributed by atoms with Gasteiger partial charge in [-0.05, 0) is 78.2 Å². The van der Waals surface area contributed by atoms with Crippen molar-refractivity contribution in [3.05, 3.63) is 118 Å². The molecule has 0 aliphatic heterocycles. The molecule has 5 aromatic rings. The first kappa shape index (κ1) is 27.8. The SMILES string of the molecule is CC(C)c1ccc(-n2c(-c3ccc(Cl)cc3)nn(-c3ccc(NS(=O)(=O)c4cccc(C(=O)O)c4)cn3)c2=O)cc1. The van der Waals surface area contributed by atoms with Gasteiger partial charge in [0.25, 0.3) is 10.0 Å². The predicted molar refractivity (Wildman–Crippen MR) is 156 cm³/mol. The highest BCUT2D eigenvalue weighted by Gasteiger charge is 2.20. The molecule has 3 aromatic carbocycles. The van der Waals surface area contributed by atoms with E-state index in [1.807, 2.05) is 24.3 Å². The predicted octanol–water partition coefficient (Wildman–Crippen LogP) is 5.36. The maximum atomic E-state index is 13.7. The second-order valence-corrected chi connectivity index (χ2v) is 11.6. The Kier molecular flexibility index (Phi) is 7.48. The summed E-state index contributed by atoms with van der Waals surface area (Å²) in [5.41, 5.74) is 1.88. The van der Waals surface area contributed by atoms with Gasteiger partial charge in [-0.15, -0.1) is 5.10 Å². The standard InChI is InChI=1S/C29H24ClN5O5S/c1-18(2)19-8-13-24(14-9-19)34-27(20-6-10-22(30)11-7-20)32-35(29(34)38)26-15-12-23(17-31-26)33-41(39,40)25-5-3-4-21(16-25)28(36)37/h3-18,33H,1-2H3,(H,36,37). The van der Waals surface area contributed by atoms with Crippen LogP contribution in [0.1, 0.15) is 35.7 Å². The number of nitrogens with zero attached hydrogens (tertiary/aromatic N) is 4. The molecule has 0 spiro atoms. The molecule has 0 atom stereocenters. The van der Waals surface area contributed by atoms with Crippen LogP contribution in [0.2, 0.25) is 5.02 Å². The Balaban J connectivity index is 1.52. The van der Waals surface area contributed by atoms with Crippen molar-refractivity contribution in [2.75, 3.05) is 4.72 Å². The minimum atomic E-state index is -4.10. The summed E-state index contributed by atoms with van der Waals surface area (Å²) in [6.45, 7) is 4.17.